The number of nitrogen functional groups attached to an aromatic ring is 1. The van der Waals surface area contributed by atoms with Gasteiger partial charge in [-0.1, -0.05) is 13.3 Å². The molecule has 5 heteroatoms. The summed E-state index contributed by atoms with van der Waals surface area (Å²) in [5.41, 5.74) is 6.47. The van der Waals surface area contributed by atoms with Crippen molar-refractivity contribution in [2.24, 2.45) is 0 Å². The number of hydrogen-bond acceptors (Lipinski definition) is 4. The van der Waals surface area contributed by atoms with Crippen LogP contribution in [0.3, 0.4) is 0 Å². The summed E-state index contributed by atoms with van der Waals surface area (Å²) >= 11 is 0. The molecule has 0 fully saturated rings. The van der Waals surface area contributed by atoms with Gasteiger partial charge in [0.25, 0.3) is 5.91 Å². The zero-order valence-electron chi connectivity index (χ0n) is 11.3. The number of anilines is 1. The maximum atomic E-state index is 11.6. The van der Waals surface area contributed by atoms with Gasteiger partial charge in [0.2, 0.25) is 0 Å². The average molecular weight is 264 g/mol. The van der Waals surface area contributed by atoms with Crippen molar-refractivity contribution in [1.29, 1.82) is 0 Å². The van der Waals surface area contributed by atoms with Crippen LogP contribution in [0.25, 0.3) is 0 Å². The number of benzene rings is 1. The Morgan fingerprint density at radius 1 is 1.32 bits per heavy atom. The Morgan fingerprint density at radius 2 is 1.95 bits per heavy atom. The van der Waals surface area contributed by atoms with E-state index in [1.165, 1.54) is 0 Å². The first-order valence-corrected chi connectivity index (χ1v) is 6.35. The molecule has 1 unspecified atom stereocenters. The lowest BCUT2D eigenvalue weighted by molar-refractivity contribution is -0.124. The lowest BCUT2D eigenvalue weighted by Gasteiger charge is -2.12. The van der Waals surface area contributed by atoms with Gasteiger partial charge in [0.05, 0.1) is 5.56 Å². The minimum atomic E-state index is -0.529. The Balaban J connectivity index is 2.37. The Labute approximate surface area is 113 Å². The van der Waals surface area contributed by atoms with Gasteiger partial charge in [-0.2, -0.15) is 0 Å². The van der Waals surface area contributed by atoms with E-state index in [2.05, 4.69) is 5.32 Å². The molecule has 1 aromatic carbocycles. The average Bonchev–Trinajstić information content (AvgIpc) is 2.37. The van der Waals surface area contributed by atoms with Gasteiger partial charge >= 0.3 is 5.97 Å². The molecule has 0 aromatic heterocycles. The molecular formula is C14H20N2O3. The Bertz CT molecular complexity index is 429. The summed E-state index contributed by atoms with van der Waals surface area (Å²) in [5, 5.41) is 2.76. The van der Waals surface area contributed by atoms with E-state index in [1.807, 2.05) is 13.8 Å². The van der Waals surface area contributed by atoms with Crippen LogP contribution >= 0.6 is 0 Å². The number of carbonyl (C=O) groups excluding carboxylic acids is 2. The van der Waals surface area contributed by atoms with Crippen LogP contribution in [-0.4, -0.2) is 24.5 Å². The number of esters is 1. The number of nitrogens with one attached hydrogen (secondary N) is 1. The standard InChI is InChI=1S/C14H20N2O3/c1-3-4-10(2)16-13(17)9-19-14(18)11-5-7-12(15)8-6-11/h5-8,10H,3-4,9,15H2,1-2H3,(H,16,17). The summed E-state index contributed by atoms with van der Waals surface area (Å²) in [5.74, 6) is -0.817. The van der Waals surface area contributed by atoms with Crippen molar-refractivity contribution < 1.29 is 14.3 Å². The van der Waals surface area contributed by atoms with Crippen LogP contribution < -0.4 is 11.1 Å². The van der Waals surface area contributed by atoms with Gasteiger partial charge in [0.1, 0.15) is 0 Å². The molecule has 0 radical (unpaired) electrons. The van der Waals surface area contributed by atoms with E-state index < -0.39 is 5.97 Å². The van der Waals surface area contributed by atoms with Crippen molar-refractivity contribution >= 4 is 17.6 Å². The maximum Gasteiger partial charge on any atom is 0.338 e. The highest BCUT2D eigenvalue weighted by Crippen LogP contribution is 2.06. The zero-order chi connectivity index (χ0) is 14.3. The van der Waals surface area contributed by atoms with Crippen LogP contribution in [0, 0.1) is 0 Å². The summed E-state index contributed by atoms with van der Waals surface area (Å²) in [4.78, 5) is 23.1. The lowest BCUT2D eigenvalue weighted by atomic mass is 10.2. The van der Waals surface area contributed by atoms with E-state index in [9.17, 15) is 9.59 Å². The molecule has 0 bridgehead atoms. The molecule has 0 saturated heterocycles. The molecule has 0 saturated carbocycles. The third-order valence-corrected chi connectivity index (χ3v) is 2.61. The molecule has 1 aromatic rings. The fourth-order valence-electron chi connectivity index (χ4n) is 1.66. The smallest absolute Gasteiger partial charge is 0.338 e. The number of carbonyl (C=O) groups is 2. The number of rotatable bonds is 6. The third-order valence-electron chi connectivity index (χ3n) is 2.61. The zero-order valence-corrected chi connectivity index (χ0v) is 11.3. The van der Waals surface area contributed by atoms with Crippen molar-refractivity contribution in [2.45, 2.75) is 32.7 Å². The predicted octanol–water partition coefficient (Wildman–Crippen LogP) is 1.73. The first kappa shape index (κ1) is 15.0. The number of hydrogen-bond donors (Lipinski definition) is 2. The highest BCUT2D eigenvalue weighted by Gasteiger charge is 2.11. The van der Waals surface area contributed by atoms with E-state index in [4.69, 9.17) is 10.5 Å². The fourth-order valence-corrected chi connectivity index (χ4v) is 1.66. The molecule has 1 amide bonds. The molecule has 1 rings (SSSR count). The van der Waals surface area contributed by atoms with Crippen molar-refractivity contribution in [1.82, 2.24) is 5.32 Å². The summed E-state index contributed by atoms with van der Waals surface area (Å²) in [6.07, 6.45) is 1.89. The third kappa shape index (κ3) is 5.42. The van der Waals surface area contributed by atoms with Gasteiger partial charge in [0, 0.05) is 11.7 Å². The molecule has 0 aliphatic carbocycles. The molecule has 1 atom stereocenters. The van der Waals surface area contributed by atoms with E-state index >= 15 is 0 Å². The molecule has 3 N–H and O–H groups in total. The van der Waals surface area contributed by atoms with E-state index in [0.29, 0.717) is 11.3 Å². The summed E-state index contributed by atoms with van der Waals surface area (Å²) in [7, 11) is 0. The predicted molar refractivity (Wildman–Crippen MR) is 73.6 cm³/mol. The van der Waals surface area contributed by atoms with Crippen LogP contribution in [0.15, 0.2) is 24.3 Å². The first-order valence-electron chi connectivity index (χ1n) is 6.35. The van der Waals surface area contributed by atoms with E-state index in [1.54, 1.807) is 24.3 Å². The maximum absolute atomic E-state index is 11.6. The van der Waals surface area contributed by atoms with Crippen molar-refractivity contribution in [3.8, 4) is 0 Å². The quantitative estimate of drug-likeness (QED) is 0.605. The summed E-state index contributed by atoms with van der Waals surface area (Å²) in [6, 6.07) is 6.44. The summed E-state index contributed by atoms with van der Waals surface area (Å²) < 4.78 is 4.92. The van der Waals surface area contributed by atoms with Gasteiger partial charge in [-0.15, -0.1) is 0 Å². The Morgan fingerprint density at radius 3 is 2.53 bits per heavy atom. The van der Waals surface area contributed by atoms with Gasteiger partial charge in [-0.25, -0.2) is 4.79 Å². The van der Waals surface area contributed by atoms with Crippen LogP contribution in [-0.2, 0) is 9.53 Å². The van der Waals surface area contributed by atoms with Crippen molar-refractivity contribution in [2.75, 3.05) is 12.3 Å². The minimum Gasteiger partial charge on any atom is -0.452 e. The largest absolute Gasteiger partial charge is 0.452 e. The highest BCUT2D eigenvalue weighted by atomic mass is 16.5. The molecule has 0 aliphatic rings. The van der Waals surface area contributed by atoms with E-state index in [0.717, 1.165) is 12.8 Å². The molecule has 19 heavy (non-hydrogen) atoms. The van der Waals surface area contributed by atoms with Gasteiger partial charge in [-0.05, 0) is 37.6 Å². The molecule has 0 heterocycles. The van der Waals surface area contributed by atoms with Gasteiger partial charge < -0.3 is 15.8 Å². The normalized spacial score (nSPS) is 11.7. The number of amides is 1. The topological polar surface area (TPSA) is 81.4 Å². The SMILES string of the molecule is CCCC(C)NC(=O)COC(=O)c1ccc(N)cc1. The Hall–Kier alpha value is -2.04. The minimum absolute atomic E-state index is 0.0905. The second-order valence-electron chi connectivity index (χ2n) is 4.46. The Kier molecular flexibility index (Phi) is 5.85. The second-order valence-corrected chi connectivity index (χ2v) is 4.46. The van der Waals surface area contributed by atoms with Crippen LogP contribution in [0.5, 0.6) is 0 Å². The molecule has 0 aliphatic heterocycles. The van der Waals surface area contributed by atoms with Crippen LogP contribution in [0.2, 0.25) is 0 Å². The van der Waals surface area contributed by atoms with Crippen molar-refractivity contribution in [3.63, 3.8) is 0 Å². The van der Waals surface area contributed by atoms with Crippen molar-refractivity contribution in [3.05, 3.63) is 29.8 Å². The number of ether oxygens (including phenoxy) is 1. The monoisotopic (exact) mass is 264 g/mol. The van der Waals surface area contributed by atoms with Crippen LogP contribution in [0.4, 0.5) is 5.69 Å². The van der Waals surface area contributed by atoms with E-state index in [-0.39, 0.29) is 18.6 Å². The molecule has 0 spiro atoms. The van der Waals surface area contributed by atoms with Gasteiger partial charge in [0.15, 0.2) is 6.61 Å². The summed E-state index contributed by atoms with van der Waals surface area (Å²) in [6.45, 7) is 3.70. The number of nitrogens with two attached hydrogens (primary N) is 1. The first-order chi connectivity index (χ1) is 9.02. The lowest BCUT2D eigenvalue weighted by Crippen LogP contribution is -2.35. The molecule has 5 nitrogen and oxygen atoms in total. The van der Waals surface area contributed by atoms with Crippen LogP contribution in [0.1, 0.15) is 37.0 Å². The highest BCUT2D eigenvalue weighted by molar-refractivity contribution is 5.91. The molecule has 104 valence electrons. The second kappa shape index (κ2) is 7.41. The fraction of sp³-hybridized carbons (Fsp3) is 0.429. The molecular weight excluding hydrogens is 244 g/mol. The van der Waals surface area contributed by atoms with Gasteiger partial charge in [-0.3, -0.25) is 4.79 Å².